The molecule has 1 atom stereocenters. The highest BCUT2D eigenvalue weighted by Gasteiger charge is 2.26. The Hall–Kier alpha value is -2.85. The summed E-state index contributed by atoms with van der Waals surface area (Å²) in [5, 5.41) is 5.25. The van der Waals surface area contributed by atoms with Gasteiger partial charge in [0.15, 0.2) is 0 Å². The maximum Gasteiger partial charge on any atom is 0.251 e. The monoisotopic (exact) mass is 374 g/mol. The van der Waals surface area contributed by atoms with Crippen molar-refractivity contribution >= 4 is 16.7 Å². The van der Waals surface area contributed by atoms with Crippen LogP contribution in [-0.2, 0) is 0 Å². The lowest BCUT2D eigenvalue weighted by atomic mass is 10.0. The number of carbonyl (C=O) groups excluding carboxylic acids is 1. The molecular weight excluding hydrogens is 348 g/mol. The van der Waals surface area contributed by atoms with Crippen LogP contribution in [0.15, 0.2) is 66.7 Å². The highest BCUT2D eigenvalue weighted by molar-refractivity contribution is 6.07. The van der Waals surface area contributed by atoms with E-state index in [-0.39, 0.29) is 11.9 Å². The molecule has 1 unspecified atom stereocenters. The molecule has 3 aromatic rings. The molecule has 4 rings (SSSR count). The SMILES string of the molecule is COc1ccccc1C(CNC(=O)c1cccc2ccccc12)N1CCCC1. The van der Waals surface area contributed by atoms with Crippen molar-refractivity contribution in [2.75, 3.05) is 26.7 Å². The van der Waals surface area contributed by atoms with Crippen LogP contribution in [0, 0.1) is 0 Å². The molecule has 144 valence electrons. The van der Waals surface area contributed by atoms with E-state index >= 15 is 0 Å². The van der Waals surface area contributed by atoms with Gasteiger partial charge in [-0.25, -0.2) is 0 Å². The third-order valence-corrected chi connectivity index (χ3v) is 5.57. The smallest absolute Gasteiger partial charge is 0.251 e. The summed E-state index contributed by atoms with van der Waals surface area (Å²) in [7, 11) is 1.70. The van der Waals surface area contributed by atoms with E-state index in [1.54, 1.807) is 7.11 Å². The molecule has 28 heavy (non-hydrogen) atoms. The number of hydrogen-bond donors (Lipinski definition) is 1. The lowest BCUT2D eigenvalue weighted by Gasteiger charge is -2.29. The zero-order valence-electron chi connectivity index (χ0n) is 16.2. The van der Waals surface area contributed by atoms with Gasteiger partial charge in [-0.3, -0.25) is 9.69 Å². The summed E-state index contributed by atoms with van der Waals surface area (Å²) in [5.74, 6) is 0.842. The molecule has 1 amide bonds. The summed E-state index contributed by atoms with van der Waals surface area (Å²) >= 11 is 0. The van der Waals surface area contributed by atoms with Gasteiger partial charge in [0, 0.05) is 17.7 Å². The first-order valence-corrected chi connectivity index (χ1v) is 9.91. The first-order valence-electron chi connectivity index (χ1n) is 9.91. The van der Waals surface area contributed by atoms with Crippen LogP contribution in [0.1, 0.15) is 34.8 Å². The average Bonchev–Trinajstić information content (AvgIpc) is 3.28. The Morgan fingerprint density at radius 2 is 1.71 bits per heavy atom. The standard InChI is InChI=1S/C24H26N2O2/c1-28-23-14-5-4-12-21(23)22(26-15-6-7-16-26)17-25-24(27)20-13-8-10-18-9-2-3-11-19(18)20/h2-5,8-14,22H,6-7,15-17H2,1H3,(H,25,27). The Morgan fingerprint density at radius 3 is 2.54 bits per heavy atom. The Labute approximate surface area is 166 Å². The summed E-state index contributed by atoms with van der Waals surface area (Å²) in [4.78, 5) is 15.4. The molecule has 1 heterocycles. The first-order chi connectivity index (χ1) is 13.8. The fourth-order valence-electron chi connectivity index (χ4n) is 4.14. The van der Waals surface area contributed by atoms with Gasteiger partial charge in [0.25, 0.3) is 5.91 Å². The third kappa shape index (κ3) is 3.73. The second-order valence-corrected chi connectivity index (χ2v) is 7.24. The molecule has 0 radical (unpaired) electrons. The number of nitrogens with zero attached hydrogens (tertiary/aromatic N) is 1. The molecule has 0 bridgehead atoms. The van der Waals surface area contributed by atoms with Crippen LogP contribution in [0.25, 0.3) is 10.8 Å². The topological polar surface area (TPSA) is 41.6 Å². The fraction of sp³-hybridized carbons (Fsp3) is 0.292. The van der Waals surface area contributed by atoms with Gasteiger partial charge in [0.2, 0.25) is 0 Å². The van der Waals surface area contributed by atoms with Crippen molar-refractivity contribution in [1.29, 1.82) is 0 Å². The number of nitrogens with one attached hydrogen (secondary N) is 1. The van der Waals surface area contributed by atoms with E-state index in [0.717, 1.165) is 40.7 Å². The van der Waals surface area contributed by atoms with Gasteiger partial charge in [0.05, 0.1) is 13.2 Å². The highest BCUT2D eigenvalue weighted by atomic mass is 16.5. The van der Waals surface area contributed by atoms with Crippen LogP contribution < -0.4 is 10.1 Å². The van der Waals surface area contributed by atoms with Gasteiger partial charge >= 0.3 is 0 Å². The maximum absolute atomic E-state index is 13.0. The number of benzene rings is 3. The third-order valence-electron chi connectivity index (χ3n) is 5.57. The summed E-state index contributed by atoms with van der Waals surface area (Å²) in [6, 6.07) is 22.1. The molecule has 1 saturated heterocycles. The predicted octanol–water partition coefficient (Wildman–Crippen LogP) is 4.42. The number of para-hydroxylation sites is 1. The van der Waals surface area contributed by atoms with Gasteiger partial charge in [-0.2, -0.15) is 0 Å². The van der Waals surface area contributed by atoms with Crippen molar-refractivity contribution in [3.8, 4) is 5.75 Å². The number of hydrogen-bond acceptors (Lipinski definition) is 3. The van der Waals surface area contributed by atoms with E-state index in [2.05, 4.69) is 16.3 Å². The van der Waals surface area contributed by atoms with Gasteiger partial charge in [-0.1, -0.05) is 54.6 Å². The van der Waals surface area contributed by atoms with E-state index < -0.39 is 0 Å². The Morgan fingerprint density at radius 1 is 1.00 bits per heavy atom. The summed E-state index contributed by atoms with van der Waals surface area (Å²) in [6.07, 6.45) is 2.39. The fourth-order valence-corrected chi connectivity index (χ4v) is 4.14. The van der Waals surface area contributed by atoms with Gasteiger partial charge in [0.1, 0.15) is 5.75 Å². The van der Waals surface area contributed by atoms with Crippen LogP contribution in [0.3, 0.4) is 0 Å². The Bertz CT molecular complexity index is 958. The zero-order chi connectivity index (χ0) is 19.3. The van der Waals surface area contributed by atoms with Crippen molar-refractivity contribution in [3.63, 3.8) is 0 Å². The van der Waals surface area contributed by atoms with Gasteiger partial charge in [-0.15, -0.1) is 0 Å². The Balaban J connectivity index is 1.58. The van der Waals surface area contributed by atoms with Gasteiger partial charge in [-0.05, 0) is 48.8 Å². The maximum atomic E-state index is 13.0. The summed E-state index contributed by atoms with van der Waals surface area (Å²) < 4.78 is 5.60. The summed E-state index contributed by atoms with van der Waals surface area (Å²) in [6.45, 7) is 2.65. The molecule has 4 heteroatoms. The highest BCUT2D eigenvalue weighted by Crippen LogP contribution is 2.31. The van der Waals surface area contributed by atoms with E-state index in [9.17, 15) is 4.79 Å². The van der Waals surface area contributed by atoms with Crippen molar-refractivity contribution in [2.24, 2.45) is 0 Å². The molecular formula is C24H26N2O2. The molecule has 0 spiro atoms. The molecule has 4 nitrogen and oxygen atoms in total. The van der Waals surface area contributed by atoms with Crippen LogP contribution >= 0.6 is 0 Å². The first kappa shape index (κ1) is 18.5. The molecule has 1 aliphatic rings. The predicted molar refractivity (Wildman–Crippen MR) is 113 cm³/mol. The number of methoxy groups -OCH3 is 1. The molecule has 1 N–H and O–H groups in total. The van der Waals surface area contributed by atoms with Crippen LogP contribution in [0.4, 0.5) is 0 Å². The molecule has 0 aromatic heterocycles. The molecule has 1 fully saturated rings. The second kappa shape index (κ2) is 8.44. The molecule has 3 aromatic carbocycles. The van der Waals surface area contributed by atoms with E-state index in [0.29, 0.717) is 6.54 Å². The lowest BCUT2D eigenvalue weighted by molar-refractivity contribution is 0.0939. The number of likely N-dealkylation sites (tertiary alicyclic amines) is 1. The van der Waals surface area contributed by atoms with Crippen molar-refractivity contribution in [1.82, 2.24) is 10.2 Å². The number of fused-ring (bicyclic) bond motifs is 1. The second-order valence-electron chi connectivity index (χ2n) is 7.24. The largest absolute Gasteiger partial charge is 0.496 e. The minimum atomic E-state index is -0.0316. The number of ether oxygens (including phenoxy) is 1. The van der Waals surface area contributed by atoms with E-state index in [1.165, 1.54) is 12.8 Å². The van der Waals surface area contributed by atoms with Gasteiger partial charge < -0.3 is 10.1 Å². The van der Waals surface area contributed by atoms with Crippen LogP contribution in [-0.4, -0.2) is 37.6 Å². The van der Waals surface area contributed by atoms with E-state index in [1.807, 2.05) is 60.7 Å². The van der Waals surface area contributed by atoms with Crippen LogP contribution in [0.5, 0.6) is 5.75 Å². The normalized spacial score (nSPS) is 15.5. The van der Waals surface area contributed by atoms with Crippen LogP contribution in [0.2, 0.25) is 0 Å². The minimum absolute atomic E-state index is 0.0316. The minimum Gasteiger partial charge on any atom is -0.496 e. The quantitative estimate of drug-likeness (QED) is 0.695. The molecule has 0 aliphatic carbocycles. The lowest BCUT2D eigenvalue weighted by Crippen LogP contribution is -2.37. The van der Waals surface area contributed by atoms with Crippen molar-refractivity contribution in [2.45, 2.75) is 18.9 Å². The average molecular weight is 374 g/mol. The van der Waals surface area contributed by atoms with Crippen molar-refractivity contribution < 1.29 is 9.53 Å². The zero-order valence-corrected chi connectivity index (χ0v) is 16.2. The number of amides is 1. The summed E-state index contributed by atoms with van der Waals surface area (Å²) in [5.41, 5.74) is 1.85. The Kier molecular flexibility index (Phi) is 5.58. The number of carbonyl (C=O) groups is 1. The molecule has 1 aliphatic heterocycles. The van der Waals surface area contributed by atoms with Crippen molar-refractivity contribution in [3.05, 3.63) is 77.9 Å². The number of rotatable bonds is 6. The van der Waals surface area contributed by atoms with E-state index in [4.69, 9.17) is 4.74 Å². The molecule has 0 saturated carbocycles.